The normalized spacial score (nSPS) is 11.1. The molecule has 0 fully saturated rings. The number of ether oxygens (including phenoxy) is 1. The van der Waals surface area contributed by atoms with Gasteiger partial charge >= 0.3 is 12.2 Å². The van der Waals surface area contributed by atoms with Gasteiger partial charge in [-0.1, -0.05) is 12.1 Å². The Bertz CT molecular complexity index is 995. The molecule has 0 atom stereocenters. The molecule has 144 valence electrons. The van der Waals surface area contributed by atoms with Crippen molar-refractivity contribution in [2.24, 2.45) is 0 Å². The highest BCUT2D eigenvalue weighted by Gasteiger charge is 2.30. The van der Waals surface area contributed by atoms with Crippen molar-refractivity contribution in [1.29, 1.82) is 5.26 Å². The predicted molar refractivity (Wildman–Crippen MR) is 94.4 cm³/mol. The van der Waals surface area contributed by atoms with Crippen molar-refractivity contribution in [3.05, 3.63) is 59.4 Å². The number of hydrogen-bond acceptors (Lipinski definition) is 6. The Morgan fingerprint density at radius 1 is 1.21 bits per heavy atom. The molecule has 1 N–H and O–H groups in total. The molecule has 1 aromatic carbocycles. The summed E-state index contributed by atoms with van der Waals surface area (Å²) in [5.41, 5.74) is -0.0287. The van der Waals surface area contributed by atoms with E-state index in [0.717, 1.165) is 12.1 Å². The second-order valence-corrected chi connectivity index (χ2v) is 5.65. The molecule has 2 heterocycles. The van der Waals surface area contributed by atoms with Crippen LogP contribution in [0.3, 0.4) is 0 Å². The molecule has 0 aliphatic heterocycles. The van der Waals surface area contributed by atoms with Crippen LogP contribution < -0.4 is 10.1 Å². The number of benzene rings is 1. The monoisotopic (exact) mass is 388 g/mol. The van der Waals surface area contributed by atoms with E-state index < -0.39 is 11.7 Å². The van der Waals surface area contributed by atoms with Crippen LogP contribution in [0, 0.1) is 11.3 Å². The molecule has 0 aliphatic rings. The first-order valence-corrected chi connectivity index (χ1v) is 8.31. The first-order valence-electron chi connectivity index (χ1n) is 8.31. The molecule has 3 aromatic rings. The van der Waals surface area contributed by atoms with E-state index in [1.54, 1.807) is 25.1 Å². The third-order valence-corrected chi connectivity index (χ3v) is 3.74. The van der Waals surface area contributed by atoms with Gasteiger partial charge in [-0.25, -0.2) is 0 Å². The SMILES string of the molecule is CCOc1nc(NCc2cccc(C(F)(F)F)c2)c(C#N)c(-c2ccco2)n1. The zero-order valence-electron chi connectivity index (χ0n) is 14.7. The third kappa shape index (κ3) is 4.23. The van der Waals surface area contributed by atoms with Crippen LogP contribution in [0.15, 0.2) is 47.1 Å². The quantitative estimate of drug-likeness (QED) is 0.662. The summed E-state index contributed by atoms with van der Waals surface area (Å²) in [6.45, 7) is 2.08. The van der Waals surface area contributed by atoms with Gasteiger partial charge in [-0.05, 0) is 36.8 Å². The van der Waals surface area contributed by atoms with Crippen LogP contribution in [-0.4, -0.2) is 16.6 Å². The molecule has 0 bridgehead atoms. The predicted octanol–water partition coefficient (Wildman–Crippen LogP) is 4.64. The minimum Gasteiger partial charge on any atom is -0.464 e. The Labute approximate surface area is 158 Å². The van der Waals surface area contributed by atoms with Crippen LogP contribution in [-0.2, 0) is 12.7 Å². The van der Waals surface area contributed by atoms with Gasteiger partial charge in [0, 0.05) is 6.54 Å². The Hall–Kier alpha value is -3.54. The molecule has 0 saturated carbocycles. The molecule has 6 nitrogen and oxygen atoms in total. The Kier molecular flexibility index (Phi) is 5.49. The molecule has 0 amide bonds. The maximum absolute atomic E-state index is 12.9. The van der Waals surface area contributed by atoms with Gasteiger partial charge in [-0.3, -0.25) is 0 Å². The average Bonchev–Trinajstić information content (AvgIpc) is 3.20. The van der Waals surface area contributed by atoms with Crippen LogP contribution in [0.5, 0.6) is 6.01 Å². The van der Waals surface area contributed by atoms with E-state index in [0.29, 0.717) is 17.9 Å². The molecule has 0 radical (unpaired) electrons. The highest BCUT2D eigenvalue weighted by molar-refractivity contribution is 5.70. The first kappa shape index (κ1) is 19.2. The Morgan fingerprint density at radius 3 is 2.68 bits per heavy atom. The first-order chi connectivity index (χ1) is 13.4. The Balaban J connectivity index is 1.94. The number of rotatable bonds is 6. The molecule has 28 heavy (non-hydrogen) atoms. The van der Waals surface area contributed by atoms with Gasteiger partial charge in [-0.2, -0.15) is 28.4 Å². The molecule has 9 heteroatoms. The number of nitrogens with zero attached hydrogens (tertiary/aromatic N) is 3. The topological polar surface area (TPSA) is 84.0 Å². The largest absolute Gasteiger partial charge is 0.464 e. The highest BCUT2D eigenvalue weighted by atomic mass is 19.4. The summed E-state index contributed by atoms with van der Waals surface area (Å²) in [5, 5.41) is 12.5. The summed E-state index contributed by atoms with van der Waals surface area (Å²) in [7, 11) is 0. The van der Waals surface area contributed by atoms with Gasteiger partial charge in [0.05, 0.1) is 18.4 Å². The lowest BCUT2D eigenvalue weighted by Gasteiger charge is -2.13. The van der Waals surface area contributed by atoms with Crippen LogP contribution >= 0.6 is 0 Å². The minimum atomic E-state index is -4.43. The summed E-state index contributed by atoms with van der Waals surface area (Å²) in [6, 6.07) is 10.2. The Morgan fingerprint density at radius 2 is 2.04 bits per heavy atom. The molecular formula is C19H15F3N4O2. The van der Waals surface area contributed by atoms with Crippen molar-refractivity contribution in [2.75, 3.05) is 11.9 Å². The number of nitrogens with one attached hydrogen (secondary N) is 1. The second-order valence-electron chi connectivity index (χ2n) is 5.65. The van der Waals surface area contributed by atoms with Crippen LogP contribution in [0.2, 0.25) is 0 Å². The molecule has 0 spiro atoms. The smallest absolute Gasteiger partial charge is 0.416 e. The van der Waals surface area contributed by atoms with Crippen LogP contribution in [0.25, 0.3) is 11.5 Å². The fourth-order valence-electron chi connectivity index (χ4n) is 2.50. The lowest BCUT2D eigenvalue weighted by molar-refractivity contribution is -0.137. The molecular weight excluding hydrogens is 373 g/mol. The van der Waals surface area contributed by atoms with E-state index in [1.165, 1.54) is 12.3 Å². The number of nitriles is 1. The summed E-state index contributed by atoms with van der Waals surface area (Å²) in [6.07, 6.45) is -2.99. The zero-order chi connectivity index (χ0) is 20.1. The van der Waals surface area contributed by atoms with Crippen LogP contribution in [0.1, 0.15) is 23.6 Å². The van der Waals surface area contributed by atoms with E-state index in [2.05, 4.69) is 15.3 Å². The number of furan rings is 1. The van der Waals surface area contributed by atoms with Crippen molar-refractivity contribution in [2.45, 2.75) is 19.6 Å². The molecule has 2 aromatic heterocycles. The molecule has 0 unspecified atom stereocenters. The standard InChI is InChI=1S/C19H15F3N4O2/c1-2-27-18-25-16(15-7-4-8-28-15)14(10-23)17(26-18)24-11-12-5-3-6-13(9-12)19(20,21)22/h3-9H,2,11H2,1H3,(H,24,25,26). The minimum absolute atomic E-state index is 0.0266. The lowest BCUT2D eigenvalue weighted by atomic mass is 10.1. The van der Waals surface area contributed by atoms with Crippen molar-refractivity contribution < 1.29 is 22.3 Å². The van der Waals surface area contributed by atoms with Crippen molar-refractivity contribution in [3.63, 3.8) is 0 Å². The van der Waals surface area contributed by atoms with Gasteiger partial charge in [0.1, 0.15) is 17.3 Å². The van der Waals surface area contributed by atoms with Gasteiger partial charge in [-0.15, -0.1) is 0 Å². The number of hydrogen-bond donors (Lipinski definition) is 1. The molecule has 0 aliphatic carbocycles. The lowest BCUT2D eigenvalue weighted by Crippen LogP contribution is -2.10. The summed E-state index contributed by atoms with van der Waals surface area (Å²) in [4.78, 5) is 8.36. The summed E-state index contributed by atoms with van der Waals surface area (Å²) < 4.78 is 49.3. The van der Waals surface area contributed by atoms with Crippen LogP contribution in [0.4, 0.5) is 19.0 Å². The van der Waals surface area contributed by atoms with E-state index in [9.17, 15) is 18.4 Å². The number of aromatic nitrogens is 2. The average molecular weight is 388 g/mol. The fourth-order valence-corrected chi connectivity index (χ4v) is 2.50. The van der Waals surface area contributed by atoms with E-state index in [-0.39, 0.29) is 29.6 Å². The summed E-state index contributed by atoms with van der Waals surface area (Å²) >= 11 is 0. The zero-order valence-corrected chi connectivity index (χ0v) is 14.7. The van der Waals surface area contributed by atoms with E-state index in [4.69, 9.17) is 9.15 Å². The van der Waals surface area contributed by atoms with Gasteiger partial charge in [0.15, 0.2) is 11.6 Å². The van der Waals surface area contributed by atoms with Crippen molar-refractivity contribution >= 4 is 5.82 Å². The van der Waals surface area contributed by atoms with Crippen molar-refractivity contribution in [3.8, 4) is 23.5 Å². The maximum Gasteiger partial charge on any atom is 0.416 e. The number of alkyl halides is 3. The fraction of sp³-hybridized carbons (Fsp3) is 0.211. The van der Waals surface area contributed by atoms with E-state index in [1.807, 2.05) is 6.07 Å². The number of halogens is 3. The van der Waals surface area contributed by atoms with Gasteiger partial charge in [0.2, 0.25) is 0 Å². The van der Waals surface area contributed by atoms with Gasteiger partial charge in [0.25, 0.3) is 0 Å². The van der Waals surface area contributed by atoms with E-state index >= 15 is 0 Å². The maximum atomic E-state index is 12.9. The highest BCUT2D eigenvalue weighted by Crippen LogP contribution is 2.31. The second kappa shape index (κ2) is 8.00. The van der Waals surface area contributed by atoms with Crippen molar-refractivity contribution in [1.82, 2.24) is 9.97 Å². The number of anilines is 1. The van der Waals surface area contributed by atoms with Gasteiger partial charge < -0.3 is 14.5 Å². The molecule has 3 rings (SSSR count). The molecule has 0 saturated heterocycles. The third-order valence-electron chi connectivity index (χ3n) is 3.74. The summed E-state index contributed by atoms with van der Waals surface area (Å²) in [5.74, 6) is 0.492.